The molecule has 3 nitrogen and oxygen atoms in total. The summed E-state index contributed by atoms with van der Waals surface area (Å²) in [6.45, 7) is 1.68. The minimum absolute atomic E-state index is 0.213. The molecule has 1 heterocycles. The number of aromatic nitrogens is 1. The Morgan fingerprint density at radius 1 is 1.22 bits per heavy atom. The molecular formula is C13H15NO2S2. The fraction of sp³-hybridized carbons (Fsp3) is 0.308. The lowest BCUT2D eigenvalue weighted by atomic mass is 10.2. The highest BCUT2D eigenvalue weighted by molar-refractivity contribution is 8.00. The maximum atomic E-state index is 11.4. The van der Waals surface area contributed by atoms with Gasteiger partial charge in [-0.05, 0) is 12.1 Å². The first-order valence-corrected chi connectivity index (χ1v) is 8.60. The Hall–Kier alpha value is -1.07. The fourth-order valence-corrected chi connectivity index (χ4v) is 3.96. The van der Waals surface area contributed by atoms with E-state index in [0.29, 0.717) is 5.75 Å². The number of pyridine rings is 1. The Morgan fingerprint density at radius 2 is 2.00 bits per heavy atom. The van der Waals surface area contributed by atoms with Crippen molar-refractivity contribution in [2.75, 3.05) is 17.3 Å². The van der Waals surface area contributed by atoms with Crippen LogP contribution in [0.3, 0.4) is 0 Å². The minimum atomic E-state index is -2.88. The molecule has 0 atom stereocenters. The minimum Gasteiger partial charge on any atom is -0.256 e. The lowest BCUT2D eigenvalue weighted by molar-refractivity contribution is 0.599. The summed E-state index contributed by atoms with van der Waals surface area (Å²) >= 11 is 1.57. The fourth-order valence-electron chi connectivity index (χ4n) is 1.62. The average molecular weight is 281 g/mol. The normalized spacial score (nSPS) is 11.8. The van der Waals surface area contributed by atoms with Gasteiger partial charge in [-0.15, -0.1) is 11.8 Å². The first-order valence-electron chi connectivity index (χ1n) is 5.79. The Balaban J connectivity index is 2.13. The van der Waals surface area contributed by atoms with Crippen molar-refractivity contribution >= 4 is 32.5 Å². The predicted octanol–water partition coefficient (Wildman–Crippen LogP) is 2.76. The number of thioether (sulfide) groups is 1. The van der Waals surface area contributed by atoms with Crippen LogP contribution in [-0.4, -0.2) is 30.7 Å². The van der Waals surface area contributed by atoms with Gasteiger partial charge in [0.2, 0.25) is 0 Å². The van der Waals surface area contributed by atoms with Crippen molar-refractivity contribution in [2.24, 2.45) is 0 Å². The summed E-state index contributed by atoms with van der Waals surface area (Å²) in [5.74, 6) is 1.03. The zero-order chi connectivity index (χ0) is 13.0. The van der Waals surface area contributed by atoms with E-state index in [9.17, 15) is 8.42 Å². The van der Waals surface area contributed by atoms with Crippen LogP contribution in [0.1, 0.15) is 6.92 Å². The largest absolute Gasteiger partial charge is 0.256 e. The molecule has 0 fully saturated rings. The summed E-state index contributed by atoms with van der Waals surface area (Å²) in [6.07, 6.45) is 1.76. The highest BCUT2D eigenvalue weighted by atomic mass is 32.2. The van der Waals surface area contributed by atoms with Crippen molar-refractivity contribution < 1.29 is 8.42 Å². The zero-order valence-electron chi connectivity index (χ0n) is 10.2. The molecule has 18 heavy (non-hydrogen) atoms. The maximum Gasteiger partial charge on any atom is 0.150 e. The lowest BCUT2D eigenvalue weighted by Crippen LogP contribution is -2.10. The van der Waals surface area contributed by atoms with E-state index >= 15 is 0 Å². The van der Waals surface area contributed by atoms with Crippen LogP contribution >= 0.6 is 11.8 Å². The summed E-state index contributed by atoms with van der Waals surface area (Å²) < 4.78 is 22.9. The quantitative estimate of drug-likeness (QED) is 0.791. The van der Waals surface area contributed by atoms with E-state index in [1.165, 1.54) is 0 Å². The molecule has 2 aromatic rings. The molecule has 0 bridgehead atoms. The van der Waals surface area contributed by atoms with Crippen molar-refractivity contribution in [3.05, 3.63) is 36.5 Å². The van der Waals surface area contributed by atoms with Gasteiger partial charge in [0.1, 0.15) is 0 Å². The molecule has 5 heteroatoms. The lowest BCUT2D eigenvalue weighted by Gasteiger charge is -2.05. The van der Waals surface area contributed by atoms with E-state index in [1.807, 2.05) is 30.3 Å². The van der Waals surface area contributed by atoms with E-state index in [2.05, 4.69) is 4.98 Å². The third kappa shape index (κ3) is 3.23. The van der Waals surface area contributed by atoms with Gasteiger partial charge in [-0.1, -0.05) is 25.1 Å². The first-order chi connectivity index (χ1) is 8.62. The number of rotatable bonds is 5. The standard InChI is InChI=1S/C13H15NO2S2/c1-2-18(15,16)10-9-17-13-7-8-14-12-6-4-3-5-11(12)13/h3-8H,2,9-10H2,1H3. The van der Waals surface area contributed by atoms with Gasteiger partial charge in [0, 0.05) is 28.0 Å². The monoisotopic (exact) mass is 281 g/mol. The van der Waals surface area contributed by atoms with Gasteiger partial charge >= 0.3 is 0 Å². The van der Waals surface area contributed by atoms with Crippen molar-refractivity contribution in [3.8, 4) is 0 Å². The molecule has 96 valence electrons. The van der Waals surface area contributed by atoms with Crippen molar-refractivity contribution in [3.63, 3.8) is 0 Å². The Morgan fingerprint density at radius 3 is 2.78 bits per heavy atom. The summed E-state index contributed by atoms with van der Waals surface area (Å²) in [5, 5.41) is 1.08. The molecule has 0 aliphatic carbocycles. The van der Waals surface area contributed by atoms with Crippen LogP contribution in [-0.2, 0) is 9.84 Å². The summed E-state index contributed by atoms with van der Waals surface area (Å²) in [4.78, 5) is 5.37. The smallest absolute Gasteiger partial charge is 0.150 e. The van der Waals surface area contributed by atoms with E-state index in [4.69, 9.17) is 0 Å². The van der Waals surface area contributed by atoms with Gasteiger partial charge < -0.3 is 0 Å². The molecule has 0 spiro atoms. The molecule has 0 unspecified atom stereocenters. The van der Waals surface area contributed by atoms with Gasteiger partial charge in [-0.2, -0.15) is 0 Å². The van der Waals surface area contributed by atoms with E-state index in [1.54, 1.807) is 24.9 Å². The molecule has 0 saturated heterocycles. The highest BCUT2D eigenvalue weighted by Crippen LogP contribution is 2.26. The van der Waals surface area contributed by atoms with Crippen molar-refractivity contribution in [1.82, 2.24) is 4.98 Å². The second-order valence-corrected chi connectivity index (χ2v) is 7.52. The maximum absolute atomic E-state index is 11.4. The third-order valence-corrected chi connectivity index (χ3v) is 5.74. The molecule has 0 radical (unpaired) electrons. The molecule has 2 rings (SSSR count). The second-order valence-electron chi connectivity index (χ2n) is 3.91. The number of nitrogens with zero attached hydrogens (tertiary/aromatic N) is 1. The SMILES string of the molecule is CCS(=O)(=O)CCSc1ccnc2ccccc12. The van der Waals surface area contributed by atoms with Crippen LogP contribution < -0.4 is 0 Å². The van der Waals surface area contributed by atoms with Gasteiger partial charge in [0.05, 0.1) is 11.3 Å². The van der Waals surface area contributed by atoms with Crippen LogP contribution in [0.2, 0.25) is 0 Å². The van der Waals surface area contributed by atoms with Gasteiger partial charge in [-0.3, -0.25) is 4.98 Å². The number of hydrogen-bond acceptors (Lipinski definition) is 4. The molecule has 0 N–H and O–H groups in total. The molecule has 0 aliphatic heterocycles. The van der Waals surface area contributed by atoms with E-state index in [0.717, 1.165) is 15.8 Å². The van der Waals surface area contributed by atoms with Crippen LogP contribution in [0.25, 0.3) is 10.9 Å². The third-order valence-electron chi connectivity index (χ3n) is 2.70. The highest BCUT2D eigenvalue weighted by Gasteiger charge is 2.08. The predicted molar refractivity (Wildman–Crippen MR) is 76.8 cm³/mol. The zero-order valence-corrected chi connectivity index (χ0v) is 11.8. The Bertz CT molecular complexity index is 633. The van der Waals surface area contributed by atoms with Gasteiger partial charge in [0.25, 0.3) is 0 Å². The van der Waals surface area contributed by atoms with Crippen molar-refractivity contribution in [2.45, 2.75) is 11.8 Å². The molecular weight excluding hydrogens is 266 g/mol. The van der Waals surface area contributed by atoms with E-state index < -0.39 is 9.84 Å². The number of benzene rings is 1. The number of sulfone groups is 1. The summed E-state index contributed by atoms with van der Waals surface area (Å²) in [7, 11) is -2.88. The Labute approximate surface area is 112 Å². The molecule has 0 aliphatic rings. The molecule has 0 saturated carbocycles. The topological polar surface area (TPSA) is 47.0 Å². The van der Waals surface area contributed by atoms with Crippen LogP contribution in [0.15, 0.2) is 41.4 Å². The van der Waals surface area contributed by atoms with Gasteiger partial charge in [-0.25, -0.2) is 8.42 Å². The van der Waals surface area contributed by atoms with Crippen molar-refractivity contribution in [1.29, 1.82) is 0 Å². The van der Waals surface area contributed by atoms with Gasteiger partial charge in [0.15, 0.2) is 9.84 Å². The van der Waals surface area contributed by atoms with E-state index in [-0.39, 0.29) is 11.5 Å². The van der Waals surface area contributed by atoms with Crippen LogP contribution in [0.5, 0.6) is 0 Å². The average Bonchev–Trinajstić information content (AvgIpc) is 2.39. The van der Waals surface area contributed by atoms with Crippen LogP contribution in [0, 0.1) is 0 Å². The Kier molecular flexibility index (Phi) is 4.24. The van der Waals surface area contributed by atoms with Crippen LogP contribution in [0.4, 0.5) is 0 Å². The number of fused-ring (bicyclic) bond motifs is 1. The summed E-state index contributed by atoms with van der Waals surface area (Å²) in [6, 6.07) is 9.83. The molecule has 0 amide bonds. The second kappa shape index (κ2) is 5.71. The molecule has 1 aromatic heterocycles. The number of hydrogen-bond donors (Lipinski definition) is 0. The summed E-state index contributed by atoms with van der Waals surface area (Å²) in [5.41, 5.74) is 0.945. The number of para-hydroxylation sites is 1. The first kappa shape index (κ1) is 13.4. The molecule has 1 aromatic carbocycles.